The van der Waals surface area contributed by atoms with Crippen LogP contribution in [0.25, 0.3) is 0 Å². The van der Waals surface area contributed by atoms with Crippen molar-refractivity contribution in [3.05, 3.63) is 35.9 Å². The topological polar surface area (TPSA) is 137 Å². The number of unbranched alkanes of at least 4 members (excludes halogenated alkanes) is 1. The zero-order valence-corrected chi connectivity index (χ0v) is 17.9. The third-order valence-corrected chi connectivity index (χ3v) is 3.74. The third-order valence-electron chi connectivity index (χ3n) is 3.74. The normalized spacial score (nSPS) is 12.6. The van der Waals surface area contributed by atoms with Crippen molar-refractivity contribution in [2.45, 2.75) is 64.1 Å². The quantitative estimate of drug-likeness (QED) is 0.342. The highest BCUT2D eigenvalue weighted by molar-refractivity contribution is 5.87. The van der Waals surface area contributed by atoms with Gasteiger partial charge in [-0.05, 0) is 65.6 Å². The molecule has 2 amide bonds. The maximum atomic E-state index is 12.6. The SMILES string of the molecule is CC(C)(C)OC(=O)NC(CCCCN)C(=O)NC(C=O)Cc1ccccc1.CN. The largest absolute Gasteiger partial charge is 0.444 e. The number of carbonyl (C=O) groups is 3. The van der Waals surface area contributed by atoms with Crippen LogP contribution in [-0.4, -0.2) is 49.6 Å². The van der Waals surface area contributed by atoms with Gasteiger partial charge in [0.25, 0.3) is 0 Å². The highest BCUT2D eigenvalue weighted by atomic mass is 16.6. The summed E-state index contributed by atoms with van der Waals surface area (Å²) in [6.45, 7) is 5.75. The Kier molecular flexibility index (Phi) is 13.3. The Balaban J connectivity index is 0.00000379. The lowest BCUT2D eigenvalue weighted by Crippen LogP contribution is -2.51. The van der Waals surface area contributed by atoms with E-state index in [1.165, 1.54) is 7.05 Å². The van der Waals surface area contributed by atoms with Crippen LogP contribution in [-0.2, 0) is 20.7 Å². The smallest absolute Gasteiger partial charge is 0.408 e. The lowest BCUT2D eigenvalue weighted by molar-refractivity contribution is -0.126. The fourth-order valence-corrected chi connectivity index (χ4v) is 2.50. The number of aldehydes is 1. The molecule has 6 N–H and O–H groups in total. The molecule has 0 spiro atoms. The average Bonchev–Trinajstić information content (AvgIpc) is 2.67. The van der Waals surface area contributed by atoms with Crippen LogP contribution in [0.5, 0.6) is 0 Å². The van der Waals surface area contributed by atoms with Crippen LogP contribution in [0.3, 0.4) is 0 Å². The molecule has 0 aliphatic heterocycles. The van der Waals surface area contributed by atoms with Crippen molar-refractivity contribution >= 4 is 18.3 Å². The van der Waals surface area contributed by atoms with Crippen molar-refractivity contribution in [2.75, 3.05) is 13.6 Å². The van der Waals surface area contributed by atoms with Crippen LogP contribution in [0.4, 0.5) is 4.79 Å². The zero-order valence-electron chi connectivity index (χ0n) is 17.9. The van der Waals surface area contributed by atoms with Crippen LogP contribution in [0, 0.1) is 0 Å². The Morgan fingerprint density at radius 1 is 1.10 bits per heavy atom. The van der Waals surface area contributed by atoms with Gasteiger partial charge in [-0.15, -0.1) is 0 Å². The predicted molar refractivity (Wildman–Crippen MR) is 114 cm³/mol. The van der Waals surface area contributed by atoms with E-state index in [1.807, 2.05) is 30.3 Å². The van der Waals surface area contributed by atoms with Gasteiger partial charge in [0.2, 0.25) is 5.91 Å². The van der Waals surface area contributed by atoms with Crippen LogP contribution < -0.4 is 22.1 Å². The van der Waals surface area contributed by atoms with Crippen LogP contribution in [0.1, 0.15) is 45.6 Å². The van der Waals surface area contributed by atoms with Gasteiger partial charge in [0.15, 0.2) is 0 Å². The van der Waals surface area contributed by atoms with Gasteiger partial charge in [-0.25, -0.2) is 4.79 Å². The second-order valence-corrected chi connectivity index (χ2v) is 7.42. The molecule has 0 fully saturated rings. The highest BCUT2D eigenvalue weighted by Gasteiger charge is 2.25. The van der Waals surface area contributed by atoms with E-state index in [1.54, 1.807) is 20.8 Å². The monoisotopic (exact) mass is 408 g/mol. The first-order valence-electron chi connectivity index (χ1n) is 9.82. The number of benzene rings is 1. The molecule has 1 aromatic carbocycles. The van der Waals surface area contributed by atoms with Gasteiger partial charge < -0.3 is 31.6 Å². The molecule has 1 rings (SSSR count). The van der Waals surface area contributed by atoms with Crippen LogP contribution in [0.2, 0.25) is 0 Å². The Hall–Kier alpha value is -2.45. The molecule has 0 aliphatic rings. The van der Waals surface area contributed by atoms with Crippen molar-refractivity contribution in [3.63, 3.8) is 0 Å². The van der Waals surface area contributed by atoms with E-state index in [9.17, 15) is 14.4 Å². The highest BCUT2D eigenvalue weighted by Crippen LogP contribution is 2.09. The lowest BCUT2D eigenvalue weighted by atomic mass is 10.1. The van der Waals surface area contributed by atoms with Gasteiger partial charge in [0, 0.05) is 0 Å². The molecule has 0 aromatic heterocycles. The standard InChI is InChI=1S/C20H31N3O4.CH5N/c1-20(2,3)27-19(26)23-17(11-7-8-12-21)18(25)22-16(14-24)13-15-9-5-4-6-10-15;1-2/h4-6,9-10,14,16-17H,7-8,11-13,21H2,1-3H3,(H,22,25)(H,23,26);2H2,1H3. The summed E-state index contributed by atoms with van der Waals surface area (Å²) in [6, 6.07) is 7.95. The number of carbonyl (C=O) groups excluding carboxylic acids is 3. The first-order valence-corrected chi connectivity index (χ1v) is 9.82. The van der Waals surface area contributed by atoms with Crippen LogP contribution in [0.15, 0.2) is 30.3 Å². The minimum Gasteiger partial charge on any atom is -0.444 e. The molecular formula is C21H36N4O4. The number of ether oxygens (including phenoxy) is 1. The van der Waals surface area contributed by atoms with E-state index in [4.69, 9.17) is 10.5 Å². The van der Waals surface area contributed by atoms with E-state index in [-0.39, 0.29) is 0 Å². The molecule has 0 bridgehead atoms. The molecular weight excluding hydrogens is 372 g/mol. The van der Waals surface area contributed by atoms with Gasteiger partial charge in [0.05, 0.1) is 6.04 Å². The molecule has 164 valence electrons. The fraction of sp³-hybridized carbons (Fsp3) is 0.571. The molecule has 2 atom stereocenters. The summed E-state index contributed by atoms with van der Waals surface area (Å²) in [5.74, 6) is -0.411. The first-order chi connectivity index (χ1) is 13.7. The van der Waals surface area contributed by atoms with E-state index in [2.05, 4.69) is 16.4 Å². The molecule has 1 aromatic rings. The van der Waals surface area contributed by atoms with E-state index < -0.39 is 29.7 Å². The molecule has 8 heteroatoms. The van der Waals surface area contributed by atoms with Crippen molar-refractivity contribution in [1.29, 1.82) is 0 Å². The van der Waals surface area contributed by atoms with E-state index in [0.29, 0.717) is 32.1 Å². The molecule has 0 heterocycles. The molecule has 0 saturated carbocycles. The lowest BCUT2D eigenvalue weighted by Gasteiger charge is -2.24. The van der Waals surface area contributed by atoms with Gasteiger partial charge in [0.1, 0.15) is 17.9 Å². The zero-order chi connectivity index (χ0) is 22.3. The van der Waals surface area contributed by atoms with Crippen molar-refractivity contribution in [3.8, 4) is 0 Å². The Morgan fingerprint density at radius 3 is 2.24 bits per heavy atom. The maximum absolute atomic E-state index is 12.6. The minimum atomic E-state index is -0.787. The first kappa shape index (κ1) is 26.6. The summed E-state index contributed by atoms with van der Waals surface area (Å²) in [7, 11) is 1.50. The number of nitrogens with one attached hydrogen (secondary N) is 2. The Morgan fingerprint density at radius 2 is 1.72 bits per heavy atom. The number of amides is 2. The maximum Gasteiger partial charge on any atom is 0.408 e. The molecule has 2 unspecified atom stereocenters. The number of rotatable bonds is 10. The van der Waals surface area contributed by atoms with Gasteiger partial charge >= 0.3 is 6.09 Å². The van der Waals surface area contributed by atoms with Crippen molar-refractivity contribution in [2.24, 2.45) is 11.5 Å². The van der Waals surface area contributed by atoms with Crippen molar-refractivity contribution in [1.82, 2.24) is 10.6 Å². The molecule has 0 aliphatic carbocycles. The Bertz CT molecular complexity index is 602. The number of nitrogens with two attached hydrogens (primary N) is 2. The summed E-state index contributed by atoms with van der Waals surface area (Å²) < 4.78 is 5.23. The minimum absolute atomic E-state index is 0.387. The second kappa shape index (κ2) is 14.5. The predicted octanol–water partition coefficient (Wildman–Crippen LogP) is 1.51. The summed E-state index contributed by atoms with van der Waals surface area (Å²) >= 11 is 0. The molecule has 8 nitrogen and oxygen atoms in total. The summed E-state index contributed by atoms with van der Waals surface area (Å²) in [5, 5.41) is 5.30. The molecule has 29 heavy (non-hydrogen) atoms. The number of hydrogen-bond acceptors (Lipinski definition) is 6. The summed E-state index contributed by atoms with van der Waals surface area (Å²) in [5.41, 5.74) is 10.3. The van der Waals surface area contributed by atoms with Gasteiger partial charge in [-0.2, -0.15) is 0 Å². The van der Waals surface area contributed by atoms with E-state index >= 15 is 0 Å². The number of alkyl carbamates (subject to hydrolysis) is 1. The number of hydrogen-bond donors (Lipinski definition) is 4. The second-order valence-electron chi connectivity index (χ2n) is 7.42. The fourth-order valence-electron chi connectivity index (χ4n) is 2.50. The van der Waals surface area contributed by atoms with Gasteiger partial charge in [-0.1, -0.05) is 30.3 Å². The molecule has 0 radical (unpaired) electrons. The van der Waals surface area contributed by atoms with E-state index in [0.717, 1.165) is 12.0 Å². The molecule has 0 saturated heterocycles. The Labute approximate surface area is 173 Å². The van der Waals surface area contributed by atoms with Crippen molar-refractivity contribution < 1.29 is 19.1 Å². The van der Waals surface area contributed by atoms with Gasteiger partial charge in [-0.3, -0.25) is 4.79 Å². The summed E-state index contributed by atoms with van der Waals surface area (Å²) in [4.78, 5) is 36.1. The average molecular weight is 409 g/mol. The third kappa shape index (κ3) is 12.6. The van der Waals surface area contributed by atoms with Crippen LogP contribution >= 0.6 is 0 Å². The summed E-state index contributed by atoms with van der Waals surface area (Å²) in [6.07, 6.45) is 2.25.